The van der Waals surface area contributed by atoms with Crippen molar-refractivity contribution < 1.29 is 14.3 Å². The van der Waals surface area contributed by atoms with E-state index in [1.54, 1.807) is 30.3 Å². The number of phenols is 1. The van der Waals surface area contributed by atoms with Crippen LogP contribution >= 0.6 is 0 Å². The number of nitrogens with zero attached hydrogens (tertiary/aromatic N) is 2. The Morgan fingerprint density at radius 1 is 1.04 bits per heavy atom. The van der Waals surface area contributed by atoms with Crippen molar-refractivity contribution in [2.45, 2.75) is 0 Å². The Balaban J connectivity index is 1.94. The number of amides is 1. The SMILES string of the molecule is O=C(Nc1cccc(O)c1F)c1ccc(=O)n(-c2ccccc2)n1. The number of hydrogen-bond donors (Lipinski definition) is 2. The van der Waals surface area contributed by atoms with E-state index in [0.29, 0.717) is 5.69 Å². The van der Waals surface area contributed by atoms with Crippen LogP contribution in [0.15, 0.2) is 65.5 Å². The van der Waals surface area contributed by atoms with Crippen LogP contribution in [0.3, 0.4) is 0 Å². The van der Waals surface area contributed by atoms with E-state index in [1.165, 1.54) is 30.3 Å². The van der Waals surface area contributed by atoms with Crippen LogP contribution in [0.2, 0.25) is 0 Å². The van der Waals surface area contributed by atoms with Crippen molar-refractivity contribution in [3.05, 3.63) is 82.5 Å². The normalized spacial score (nSPS) is 10.4. The molecule has 0 saturated heterocycles. The third-order valence-corrected chi connectivity index (χ3v) is 3.26. The van der Waals surface area contributed by atoms with Crippen LogP contribution in [0.25, 0.3) is 5.69 Å². The molecule has 2 aromatic carbocycles. The predicted octanol–water partition coefficient (Wildman–Crippen LogP) is 2.33. The fourth-order valence-corrected chi connectivity index (χ4v) is 2.09. The fourth-order valence-electron chi connectivity index (χ4n) is 2.09. The highest BCUT2D eigenvalue weighted by atomic mass is 19.1. The lowest BCUT2D eigenvalue weighted by Gasteiger charge is -2.09. The molecule has 0 radical (unpaired) electrons. The van der Waals surface area contributed by atoms with Crippen LogP contribution in [0, 0.1) is 5.82 Å². The molecule has 3 rings (SSSR count). The molecule has 24 heavy (non-hydrogen) atoms. The van der Waals surface area contributed by atoms with Crippen LogP contribution in [0.4, 0.5) is 10.1 Å². The maximum Gasteiger partial charge on any atom is 0.276 e. The lowest BCUT2D eigenvalue weighted by Crippen LogP contribution is -2.25. The van der Waals surface area contributed by atoms with Gasteiger partial charge in [-0.1, -0.05) is 24.3 Å². The summed E-state index contributed by atoms with van der Waals surface area (Å²) in [6.07, 6.45) is 0. The third kappa shape index (κ3) is 3.00. The Kier molecular flexibility index (Phi) is 4.07. The highest BCUT2D eigenvalue weighted by Gasteiger charge is 2.14. The molecule has 1 amide bonds. The molecule has 2 N–H and O–H groups in total. The van der Waals surface area contributed by atoms with Crippen molar-refractivity contribution in [1.82, 2.24) is 9.78 Å². The van der Waals surface area contributed by atoms with Gasteiger partial charge in [0, 0.05) is 6.07 Å². The first-order valence-corrected chi connectivity index (χ1v) is 7.01. The average Bonchev–Trinajstić information content (AvgIpc) is 2.60. The number of carbonyl (C=O) groups excluding carboxylic acids is 1. The molecule has 0 aliphatic rings. The molecule has 0 bridgehead atoms. The quantitative estimate of drug-likeness (QED) is 0.774. The van der Waals surface area contributed by atoms with Gasteiger partial charge in [-0.3, -0.25) is 9.59 Å². The van der Waals surface area contributed by atoms with Crippen molar-refractivity contribution in [3.63, 3.8) is 0 Å². The molecule has 0 unspecified atom stereocenters. The Hall–Kier alpha value is -3.48. The number of aromatic nitrogens is 2. The molecule has 0 spiro atoms. The summed E-state index contributed by atoms with van der Waals surface area (Å²) in [5.41, 5.74) is -0.151. The van der Waals surface area contributed by atoms with Crippen molar-refractivity contribution in [2.24, 2.45) is 0 Å². The zero-order valence-electron chi connectivity index (χ0n) is 12.3. The molecule has 120 valence electrons. The molecule has 0 atom stereocenters. The van der Waals surface area contributed by atoms with Gasteiger partial charge in [0.15, 0.2) is 11.6 Å². The van der Waals surface area contributed by atoms with E-state index < -0.39 is 23.0 Å². The first-order chi connectivity index (χ1) is 11.6. The summed E-state index contributed by atoms with van der Waals surface area (Å²) in [5, 5.41) is 15.6. The van der Waals surface area contributed by atoms with Gasteiger partial charge in [0.2, 0.25) is 0 Å². The van der Waals surface area contributed by atoms with Crippen LogP contribution in [0.1, 0.15) is 10.5 Å². The number of halogens is 1. The molecule has 0 aliphatic heterocycles. The van der Waals surface area contributed by atoms with Gasteiger partial charge >= 0.3 is 0 Å². The number of rotatable bonds is 3. The van der Waals surface area contributed by atoms with E-state index in [0.717, 1.165) is 4.68 Å². The van der Waals surface area contributed by atoms with Gasteiger partial charge in [-0.2, -0.15) is 9.78 Å². The highest BCUT2D eigenvalue weighted by molar-refractivity contribution is 6.02. The third-order valence-electron chi connectivity index (χ3n) is 3.26. The molecule has 0 aliphatic carbocycles. The number of carbonyl (C=O) groups is 1. The fraction of sp³-hybridized carbons (Fsp3) is 0. The van der Waals surface area contributed by atoms with Crippen LogP contribution in [0.5, 0.6) is 5.75 Å². The summed E-state index contributed by atoms with van der Waals surface area (Å²) in [6.45, 7) is 0. The van der Waals surface area contributed by atoms with E-state index in [1.807, 2.05) is 0 Å². The number of aromatic hydroxyl groups is 1. The monoisotopic (exact) mass is 325 g/mol. The molecular weight excluding hydrogens is 313 g/mol. The highest BCUT2D eigenvalue weighted by Crippen LogP contribution is 2.23. The number of para-hydroxylation sites is 1. The largest absolute Gasteiger partial charge is 0.505 e. The molecule has 3 aromatic rings. The average molecular weight is 325 g/mol. The summed E-state index contributed by atoms with van der Waals surface area (Å²) in [6, 6.07) is 14.9. The van der Waals surface area contributed by atoms with Gasteiger partial charge in [-0.25, -0.2) is 4.39 Å². The number of benzene rings is 2. The first kappa shape index (κ1) is 15.4. The molecular formula is C17H12FN3O3. The molecule has 0 saturated carbocycles. The van der Waals surface area contributed by atoms with Gasteiger partial charge in [-0.15, -0.1) is 0 Å². The van der Waals surface area contributed by atoms with Gasteiger partial charge in [0.1, 0.15) is 5.69 Å². The van der Waals surface area contributed by atoms with Gasteiger partial charge in [-0.05, 0) is 30.3 Å². The zero-order valence-corrected chi connectivity index (χ0v) is 12.3. The number of nitrogens with one attached hydrogen (secondary N) is 1. The molecule has 6 nitrogen and oxygen atoms in total. The summed E-state index contributed by atoms with van der Waals surface area (Å²) >= 11 is 0. The summed E-state index contributed by atoms with van der Waals surface area (Å²) in [7, 11) is 0. The molecule has 1 aromatic heterocycles. The standard InChI is InChI=1S/C17H12FN3O3/c18-16-12(7-4-8-14(16)22)19-17(24)13-9-10-15(23)21(20-13)11-5-2-1-3-6-11/h1-10,22H,(H,19,24). The summed E-state index contributed by atoms with van der Waals surface area (Å²) < 4.78 is 14.8. The molecule has 1 heterocycles. The maximum absolute atomic E-state index is 13.7. The van der Waals surface area contributed by atoms with Gasteiger partial charge in [0.05, 0.1) is 11.4 Å². The number of hydrogen-bond acceptors (Lipinski definition) is 4. The minimum atomic E-state index is -0.942. The lowest BCUT2D eigenvalue weighted by molar-refractivity contribution is 0.102. The van der Waals surface area contributed by atoms with Crippen LogP contribution in [-0.4, -0.2) is 20.8 Å². The second-order valence-electron chi connectivity index (χ2n) is 4.90. The van der Waals surface area contributed by atoms with Crippen molar-refractivity contribution in [2.75, 3.05) is 5.32 Å². The van der Waals surface area contributed by atoms with Gasteiger partial charge < -0.3 is 10.4 Å². The number of phenolic OH excluding ortho intramolecular Hbond substituents is 1. The topological polar surface area (TPSA) is 84.2 Å². The lowest BCUT2D eigenvalue weighted by atomic mass is 10.2. The molecule has 7 heteroatoms. The maximum atomic E-state index is 13.7. The zero-order chi connectivity index (χ0) is 17.1. The summed E-state index contributed by atoms with van der Waals surface area (Å²) in [4.78, 5) is 24.2. The van der Waals surface area contributed by atoms with Gasteiger partial charge in [0.25, 0.3) is 11.5 Å². The predicted molar refractivity (Wildman–Crippen MR) is 85.9 cm³/mol. The Bertz CT molecular complexity index is 955. The van der Waals surface area contributed by atoms with Crippen molar-refractivity contribution in [1.29, 1.82) is 0 Å². The van der Waals surface area contributed by atoms with Crippen molar-refractivity contribution >= 4 is 11.6 Å². The second-order valence-corrected chi connectivity index (χ2v) is 4.90. The Labute approximate surface area is 135 Å². The Morgan fingerprint density at radius 2 is 1.79 bits per heavy atom. The second kappa shape index (κ2) is 6.33. The minimum absolute atomic E-state index is 0.0683. The van der Waals surface area contributed by atoms with E-state index in [9.17, 15) is 19.1 Å². The summed E-state index contributed by atoms with van der Waals surface area (Å²) in [5.74, 6) is -2.22. The first-order valence-electron chi connectivity index (χ1n) is 7.01. The minimum Gasteiger partial charge on any atom is -0.505 e. The van der Waals surface area contributed by atoms with Crippen molar-refractivity contribution in [3.8, 4) is 11.4 Å². The van der Waals surface area contributed by atoms with E-state index in [2.05, 4.69) is 10.4 Å². The van der Waals surface area contributed by atoms with Crippen LogP contribution < -0.4 is 10.9 Å². The van der Waals surface area contributed by atoms with E-state index >= 15 is 0 Å². The van der Waals surface area contributed by atoms with E-state index in [-0.39, 0.29) is 11.4 Å². The van der Waals surface area contributed by atoms with Crippen LogP contribution in [-0.2, 0) is 0 Å². The molecule has 0 fully saturated rings. The number of anilines is 1. The Morgan fingerprint density at radius 3 is 2.54 bits per heavy atom. The smallest absolute Gasteiger partial charge is 0.276 e. The van der Waals surface area contributed by atoms with E-state index in [4.69, 9.17) is 0 Å².